The Morgan fingerprint density at radius 2 is 1.94 bits per heavy atom. The minimum absolute atomic E-state index is 0.0343. The third-order valence-electron chi connectivity index (χ3n) is 5.82. The number of nitrogens with zero attached hydrogens (tertiary/aromatic N) is 2. The number of nitrogens with one attached hydrogen (secondary N) is 2. The average Bonchev–Trinajstić information content (AvgIpc) is 2.83. The van der Waals surface area contributed by atoms with Gasteiger partial charge in [0.15, 0.2) is 0 Å². The third kappa shape index (κ3) is 6.04. The van der Waals surface area contributed by atoms with Crippen molar-refractivity contribution in [2.24, 2.45) is 0 Å². The van der Waals surface area contributed by atoms with Crippen LogP contribution in [0.15, 0.2) is 48.6 Å². The van der Waals surface area contributed by atoms with Crippen LogP contribution in [0.1, 0.15) is 48.1 Å². The van der Waals surface area contributed by atoms with E-state index in [0.29, 0.717) is 22.0 Å². The molecule has 1 aromatic carbocycles. The van der Waals surface area contributed by atoms with Gasteiger partial charge in [0.25, 0.3) is 0 Å². The van der Waals surface area contributed by atoms with Gasteiger partial charge in [0.1, 0.15) is 24.5 Å². The summed E-state index contributed by atoms with van der Waals surface area (Å²) in [6.07, 6.45) is 1.83. The number of fused-ring (bicyclic) bond motifs is 1. The Morgan fingerprint density at radius 3 is 2.61 bits per heavy atom. The van der Waals surface area contributed by atoms with Gasteiger partial charge in [-0.2, -0.15) is 0 Å². The van der Waals surface area contributed by atoms with Crippen molar-refractivity contribution in [1.82, 2.24) is 20.6 Å². The number of ether oxygens (including phenoxy) is 2. The highest BCUT2D eigenvalue weighted by atomic mass is 35.5. The lowest BCUT2D eigenvalue weighted by Gasteiger charge is -2.20. The molecule has 3 rings (SSSR count). The molecular formula is C28H33ClN4O3. The van der Waals surface area contributed by atoms with Gasteiger partial charge in [0, 0.05) is 47.8 Å². The molecule has 0 aliphatic heterocycles. The van der Waals surface area contributed by atoms with Crippen LogP contribution in [0.25, 0.3) is 16.6 Å². The van der Waals surface area contributed by atoms with E-state index < -0.39 is 0 Å². The van der Waals surface area contributed by atoms with E-state index in [1.54, 1.807) is 6.07 Å². The van der Waals surface area contributed by atoms with Crippen LogP contribution in [-0.4, -0.2) is 36.6 Å². The molecule has 1 atom stereocenters. The first-order valence-electron chi connectivity index (χ1n) is 11.7. The zero-order valence-electron chi connectivity index (χ0n) is 21.7. The lowest BCUT2D eigenvalue weighted by atomic mass is 10.0. The first-order valence-corrected chi connectivity index (χ1v) is 12.1. The molecule has 0 radical (unpaired) electrons. The summed E-state index contributed by atoms with van der Waals surface area (Å²) in [7, 11) is 3.37. The third-order valence-corrected chi connectivity index (χ3v) is 6.15. The maximum atomic E-state index is 12.1. The van der Waals surface area contributed by atoms with Crippen LogP contribution in [0.2, 0.25) is 5.02 Å². The van der Waals surface area contributed by atoms with E-state index in [1.165, 1.54) is 7.11 Å². The van der Waals surface area contributed by atoms with Crippen LogP contribution in [-0.2, 0) is 16.1 Å². The Balaban J connectivity index is 2.02. The summed E-state index contributed by atoms with van der Waals surface area (Å²) in [4.78, 5) is 21.5. The van der Waals surface area contributed by atoms with Gasteiger partial charge in [-0.3, -0.25) is 9.78 Å². The molecule has 2 heterocycles. The molecule has 8 heteroatoms. The number of carbonyl (C=O) groups is 1. The second kappa shape index (κ2) is 12.0. The molecule has 36 heavy (non-hydrogen) atoms. The number of methoxy groups -OCH3 is 1. The first kappa shape index (κ1) is 27.2. The topological polar surface area (TPSA) is 85.4 Å². The van der Waals surface area contributed by atoms with Crippen LogP contribution in [0.3, 0.4) is 0 Å². The number of hydrogen-bond donors (Lipinski definition) is 2. The Hall–Kier alpha value is -3.42. The van der Waals surface area contributed by atoms with Crippen molar-refractivity contribution >= 4 is 34.1 Å². The molecule has 0 saturated carbocycles. The summed E-state index contributed by atoms with van der Waals surface area (Å²) < 4.78 is 11.2. The number of aryl methyl sites for hydroxylation is 2. The Kier molecular flexibility index (Phi) is 9.07. The molecule has 190 valence electrons. The maximum absolute atomic E-state index is 12.1. The highest BCUT2D eigenvalue weighted by Gasteiger charge is 2.20. The van der Waals surface area contributed by atoms with Gasteiger partial charge in [-0.15, -0.1) is 0 Å². The second-order valence-corrected chi connectivity index (χ2v) is 9.00. The molecule has 0 aliphatic rings. The zero-order valence-corrected chi connectivity index (χ0v) is 22.4. The monoisotopic (exact) mass is 508 g/mol. The van der Waals surface area contributed by atoms with Crippen LogP contribution in [0, 0.1) is 13.8 Å². The molecule has 0 aliphatic carbocycles. The van der Waals surface area contributed by atoms with Crippen LogP contribution in [0.5, 0.6) is 5.75 Å². The number of hydrogen-bond acceptors (Lipinski definition) is 6. The number of allylic oxidation sites excluding steroid dienone is 2. The van der Waals surface area contributed by atoms with E-state index in [0.717, 1.165) is 39.1 Å². The minimum Gasteiger partial charge on any atom is -0.486 e. The van der Waals surface area contributed by atoms with Gasteiger partial charge in [-0.1, -0.05) is 36.4 Å². The molecule has 3 aromatic rings. The van der Waals surface area contributed by atoms with Crippen molar-refractivity contribution < 1.29 is 14.3 Å². The van der Waals surface area contributed by atoms with E-state index in [2.05, 4.69) is 22.2 Å². The van der Waals surface area contributed by atoms with E-state index in [1.807, 2.05) is 65.1 Å². The number of halogens is 1. The molecule has 7 nitrogen and oxygen atoms in total. The van der Waals surface area contributed by atoms with Crippen molar-refractivity contribution in [3.05, 3.63) is 81.8 Å². The van der Waals surface area contributed by atoms with Crippen molar-refractivity contribution in [1.29, 1.82) is 0 Å². The van der Waals surface area contributed by atoms with E-state index in [9.17, 15) is 4.79 Å². The smallest absolute Gasteiger partial charge is 0.246 e. The van der Waals surface area contributed by atoms with Crippen LogP contribution in [0.4, 0.5) is 0 Å². The number of carbonyl (C=O) groups excluding carboxylic acids is 1. The fraction of sp³-hybridized carbons (Fsp3) is 0.321. The van der Waals surface area contributed by atoms with Crippen LogP contribution < -0.4 is 15.4 Å². The molecule has 2 aromatic heterocycles. The lowest BCUT2D eigenvalue weighted by Crippen LogP contribution is -2.31. The van der Waals surface area contributed by atoms with Crippen LogP contribution >= 0.6 is 11.6 Å². The van der Waals surface area contributed by atoms with Crippen molar-refractivity contribution in [2.45, 2.75) is 40.3 Å². The lowest BCUT2D eigenvalue weighted by molar-refractivity contribution is -0.125. The summed E-state index contributed by atoms with van der Waals surface area (Å²) in [5.74, 6) is 0.392. The molecule has 0 spiro atoms. The number of para-hydroxylation sites is 1. The average molecular weight is 509 g/mol. The van der Waals surface area contributed by atoms with Gasteiger partial charge in [-0.25, -0.2) is 4.98 Å². The second-order valence-electron chi connectivity index (χ2n) is 8.60. The van der Waals surface area contributed by atoms with Gasteiger partial charge >= 0.3 is 0 Å². The molecule has 0 fully saturated rings. The fourth-order valence-electron chi connectivity index (χ4n) is 4.14. The summed E-state index contributed by atoms with van der Waals surface area (Å²) in [5, 5.41) is 7.67. The number of pyridine rings is 2. The summed E-state index contributed by atoms with van der Waals surface area (Å²) in [6.45, 7) is 11.7. The quantitative estimate of drug-likeness (QED) is 0.355. The molecule has 2 N–H and O–H groups in total. The molecule has 0 bridgehead atoms. The Labute approximate surface area is 217 Å². The standard InChI is InChI=1S/C28H33ClN4O3/c1-8-16(2)26(30-6)21-12-17(3)32-28-20(21)10-9-11-24(28)36-14-22-23(29)13-18(4)31-27(22)19(5)33-25(34)15-35-7/h8-13,19,30H,1,14-15H2,2-7H3,(H,33,34)/b26-16-. The largest absolute Gasteiger partial charge is 0.486 e. The normalized spacial score (nSPS) is 12.6. The number of benzene rings is 1. The SMILES string of the molecule is C=C/C(C)=C(\NC)c1cc(C)nc2c(OCc3c(Cl)cc(C)nc3C(C)NC(=O)COC)cccc12. The van der Waals surface area contributed by atoms with E-state index in [4.69, 9.17) is 26.1 Å². The Morgan fingerprint density at radius 1 is 1.22 bits per heavy atom. The predicted molar refractivity (Wildman–Crippen MR) is 145 cm³/mol. The molecule has 1 amide bonds. The highest BCUT2D eigenvalue weighted by molar-refractivity contribution is 6.31. The summed E-state index contributed by atoms with van der Waals surface area (Å²) in [5.41, 5.74) is 6.75. The Bertz CT molecular complexity index is 1320. The predicted octanol–water partition coefficient (Wildman–Crippen LogP) is 5.44. The van der Waals surface area contributed by atoms with Crippen molar-refractivity contribution in [3.8, 4) is 5.75 Å². The number of amides is 1. The minimum atomic E-state index is -0.381. The summed E-state index contributed by atoms with van der Waals surface area (Å²) >= 11 is 6.63. The van der Waals surface area contributed by atoms with Gasteiger partial charge in [0.2, 0.25) is 5.91 Å². The van der Waals surface area contributed by atoms with Gasteiger partial charge in [-0.05, 0) is 51.5 Å². The van der Waals surface area contributed by atoms with Crippen molar-refractivity contribution in [3.63, 3.8) is 0 Å². The molecule has 1 unspecified atom stereocenters. The number of rotatable bonds is 10. The summed E-state index contributed by atoms with van der Waals surface area (Å²) in [6, 6.07) is 9.32. The number of aromatic nitrogens is 2. The van der Waals surface area contributed by atoms with Gasteiger partial charge < -0.3 is 20.1 Å². The van der Waals surface area contributed by atoms with E-state index in [-0.39, 0.29) is 25.2 Å². The molecule has 0 saturated heterocycles. The van der Waals surface area contributed by atoms with Crippen molar-refractivity contribution in [2.75, 3.05) is 20.8 Å². The molecular weight excluding hydrogens is 476 g/mol. The highest BCUT2D eigenvalue weighted by Crippen LogP contribution is 2.33. The maximum Gasteiger partial charge on any atom is 0.246 e. The first-order chi connectivity index (χ1) is 17.2. The van der Waals surface area contributed by atoms with E-state index >= 15 is 0 Å². The van der Waals surface area contributed by atoms with Gasteiger partial charge in [0.05, 0.1) is 16.8 Å². The fourth-order valence-corrected chi connectivity index (χ4v) is 4.45. The zero-order chi connectivity index (χ0) is 26.4.